The SMILES string of the molecule is Cc1csc([C@@H](C)NC(=O)Cc2cnccn2)n1. The van der Waals surface area contributed by atoms with Crippen LogP contribution in [0.15, 0.2) is 24.0 Å². The molecule has 5 nitrogen and oxygen atoms in total. The Morgan fingerprint density at radius 1 is 1.50 bits per heavy atom. The monoisotopic (exact) mass is 262 g/mol. The van der Waals surface area contributed by atoms with Crippen molar-refractivity contribution in [2.24, 2.45) is 0 Å². The molecule has 0 fully saturated rings. The summed E-state index contributed by atoms with van der Waals surface area (Å²) in [5.74, 6) is -0.0733. The van der Waals surface area contributed by atoms with E-state index in [2.05, 4.69) is 20.3 Å². The van der Waals surface area contributed by atoms with Gasteiger partial charge in [0.25, 0.3) is 0 Å². The Kier molecular flexibility index (Phi) is 3.99. The van der Waals surface area contributed by atoms with Crippen molar-refractivity contribution in [3.05, 3.63) is 40.4 Å². The Hall–Kier alpha value is -1.82. The van der Waals surface area contributed by atoms with Gasteiger partial charge in [0.2, 0.25) is 5.91 Å². The molecule has 18 heavy (non-hydrogen) atoms. The van der Waals surface area contributed by atoms with Gasteiger partial charge in [-0.25, -0.2) is 4.98 Å². The van der Waals surface area contributed by atoms with Crippen molar-refractivity contribution in [3.8, 4) is 0 Å². The lowest BCUT2D eigenvalue weighted by Gasteiger charge is -2.10. The molecule has 0 bridgehead atoms. The summed E-state index contributed by atoms with van der Waals surface area (Å²) in [7, 11) is 0. The molecule has 2 aromatic rings. The van der Waals surface area contributed by atoms with Crippen LogP contribution in [-0.4, -0.2) is 20.9 Å². The van der Waals surface area contributed by atoms with Gasteiger partial charge < -0.3 is 5.32 Å². The maximum atomic E-state index is 11.8. The van der Waals surface area contributed by atoms with Gasteiger partial charge in [0.15, 0.2) is 0 Å². The van der Waals surface area contributed by atoms with Gasteiger partial charge in [0, 0.05) is 29.7 Å². The van der Waals surface area contributed by atoms with Crippen LogP contribution in [0.3, 0.4) is 0 Å². The van der Waals surface area contributed by atoms with Crippen molar-refractivity contribution in [1.82, 2.24) is 20.3 Å². The van der Waals surface area contributed by atoms with Gasteiger partial charge in [-0.2, -0.15) is 0 Å². The first-order valence-corrected chi connectivity index (χ1v) is 6.49. The number of hydrogen-bond donors (Lipinski definition) is 1. The minimum absolute atomic E-state index is 0.0733. The minimum Gasteiger partial charge on any atom is -0.347 e. The van der Waals surface area contributed by atoms with Crippen LogP contribution in [-0.2, 0) is 11.2 Å². The molecule has 1 N–H and O–H groups in total. The van der Waals surface area contributed by atoms with E-state index in [1.54, 1.807) is 29.9 Å². The average Bonchev–Trinajstić information content (AvgIpc) is 2.77. The van der Waals surface area contributed by atoms with Crippen LogP contribution < -0.4 is 5.32 Å². The summed E-state index contributed by atoms with van der Waals surface area (Å²) in [6, 6.07) is -0.0760. The topological polar surface area (TPSA) is 67.8 Å². The smallest absolute Gasteiger partial charge is 0.226 e. The molecule has 0 radical (unpaired) electrons. The van der Waals surface area contributed by atoms with Gasteiger partial charge in [-0.3, -0.25) is 14.8 Å². The largest absolute Gasteiger partial charge is 0.347 e. The predicted octanol–water partition coefficient (Wildman–Crippen LogP) is 1.66. The number of nitrogens with zero attached hydrogens (tertiary/aromatic N) is 3. The molecule has 1 atom stereocenters. The third kappa shape index (κ3) is 3.33. The first-order valence-electron chi connectivity index (χ1n) is 5.61. The number of hydrogen-bond acceptors (Lipinski definition) is 5. The zero-order chi connectivity index (χ0) is 13.0. The lowest BCUT2D eigenvalue weighted by molar-refractivity contribution is -0.121. The maximum Gasteiger partial charge on any atom is 0.226 e. The van der Waals surface area contributed by atoms with Gasteiger partial charge >= 0.3 is 0 Å². The summed E-state index contributed by atoms with van der Waals surface area (Å²) in [4.78, 5) is 24.1. The van der Waals surface area contributed by atoms with Gasteiger partial charge in [-0.05, 0) is 13.8 Å². The fraction of sp³-hybridized carbons (Fsp3) is 0.333. The Morgan fingerprint density at radius 2 is 2.33 bits per heavy atom. The summed E-state index contributed by atoms with van der Waals surface area (Å²) in [5.41, 5.74) is 1.64. The molecule has 6 heteroatoms. The van der Waals surface area contributed by atoms with Crippen molar-refractivity contribution in [3.63, 3.8) is 0 Å². The number of aryl methyl sites for hydroxylation is 1. The molecule has 0 spiro atoms. The van der Waals surface area contributed by atoms with Crippen molar-refractivity contribution in [1.29, 1.82) is 0 Å². The Labute approximate surface area is 109 Å². The molecule has 2 aromatic heterocycles. The van der Waals surface area contributed by atoms with Crippen LogP contribution in [0.5, 0.6) is 0 Å². The van der Waals surface area contributed by atoms with Crippen LogP contribution in [0.2, 0.25) is 0 Å². The summed E-state index contributed by atoms with van der Waals surface area (Å²) in [5, 5.41) is 5.79. The third-order valence-electron chi connectivity index (χ3n) is 2.34. The van der Waals surface area contributed by atoms with Gasteiger partial charge in [0.1, 0.15) is 5.01 Å². The molecule has 0 aliphatic carbocycles. The molecule has 94 valence electrons. The van der Waals surface area contributed by atoms with E-state index >= 15 is 0 Å². The zero-order valence-corrected chi connectivity index (χ0v) is 11.1. The molecule has 0 aliphatic heterocycles. The lowest BCUT2D eigenvalue weighted by atomic mass is 10.2. The van der Waals surface area contributed by atoms with Gasteiger partial charge in [-0.15, -0.1) is 11.3 Å². The Bertz CT molecular complexity index is 526. The van der Waals surface area contributed by atoms with Crippen LogP contribution >= 0.6 is 11.3 Å². The average molecular weight is 262 g/mol. The summed E-state index contributed by atoms with van der Waals surface area (Å²) < 4.78 is 0. The number of thiazole rings is 1. The minimum atomic E-state index is -0.0760. The second kappa shape index (κ2) is 5.68. The molecule has 1 amide bonds. The first kappa shape index (κ1) is 12.6. The van der Waals surface area contributed by atoms with Crippen LogP contribution in [0.4, 0.5) is 0 Å². The predicted molar refractivity (Wildman–Crippen MR) is 69.1 cm³/mol. The standard InChI is InChI=1S/C12H14N4OS/c1-8-7-18-12(15-8)9(2)16-11(17)5-10-6-13-3-4-14-10/h3-4,6-7,9H,5H2,1-2H3,(H,16,17)/t9-/m1/s1. The van der Waals surface area contributed by atoms with E-state index in [4.69, 9.17) is 0 Å². The quantitative estimate of drug-likeness (QED) is 0.910. The molecule has 0 aliphatic rings. The number of amides is 1. The van der Waals surface area contributed by atoms with Gasteiger partial charge in [0.05, 0.1) is 18.2 Å². The lowest BCUT2D eigenvalue weighted by Crippen LogP contribution is -2.28. The van der Waals surface area contributed by atoms with E-state index in [1.807, 2.05) is 19.2 Å². The van der Waals surface area contributed by atoms with E-state index in [9.17, 15) is 4.79 Å². The fourth-order valence-electron chi connectivity index (χ4n) is 1.51. The molecule has 0 saturated carbocycles. The molecule has 0 aromatic carbocycles. The summed E-state index contributed by atoms with van der Waals surface area (Å²) >= 11 is 1.55. The van der Waals surface area contributed by atoms with E-state index in [0.29, 0.717) is 5.69 Å². The first-order chi connectivity index (χ1) is 8.65. The van der Waals surface area contributed by atoms with Gasteiger partial charge in [-0.1, -0.05) is 0 Å². The van der Waals surface area contributed by atoms with Crippen LogP contribution in [0.1, 0.15) is 29.4 Å². The van der Waals surface area contributed by atoms with Crippen molar-refractivity contribution in [2.75, 3.05) is 0 Å². The van der Waals surface area contributed by atoms with E-state index < -0.39 is 0 Å². The summed E-state index contributed by atoms with van der Waals surface area (Å²) in [6.07, 6.45) is 5.00. The fourth-order valence-corrected chi connectivity index (χ4v) is 2.31. The maximum absolute atomic E-state index is 11.8. The highest BCUT2D eigenvalue weighted by molar-refractivity contribution is 7.09. The molecular formula is C12H14N4OS. The van der Waals surface area contributed by atoms with Crippen LogP contribution in [0.25, 0.3) is 0 Å². The molecule has 0 unspecified atom stereocenters. The molecular weight excluding hydrogens is 248 g/mol. The number of rotatable bonds is 4. The molecule has 2 heterocycles. The zero-order valence-electron chi connectivity index (χ0n) is 10.3. The van der Waals surface area contributed by atoms with Crippen molar-refractivity contribution in [2.45, 2.75) is 26.3 Å². The highest BCUT2D eigenvalue weighted by Gasteiger charge is 2.13. The molecule has 0 saturated heterocycles. The number of carbonyl (C=O) groups is 1. The molecule has 2 rings (SSSR count). The highest BCUT2D eigenvalue weighted by atomic mass is 32.1. The number of carbonyl (C=O) groups excluding carboxylic acids is 1. The number of aromatic nitrogens is 3. The van der Waals surface area contributed by atoms with Crippen molar-refractivity contribution >= 4 is 17.2 Å². The Morgan fingerprint density at radius 3 is 2.94 bits per heavy atom. The Balaban J connectivity index is 1.92. The summed E-state index contributed by atoms with van der Waals surface area (Å²) in [6.45, 7) is 3.86. The normalized spacial score (nSPS) is 12.1. The van der Waals surface area contributed by atoms with E-state index in [1.165, 1.54) is 0 Å². The number of nitrogens with one attached hydrogen (secondary N) is 1. The van der Waals surface area contributed by atoms with E-state index in [0.717, 1.165) is 10.7 Å². The van der Waals surface area contributed by atoms with Crippen molar-refractivity contribution < 1.29 is 4.79 Å². The van der Waals surface area contributed by atoms with E-state index in [-0.39, 0.29) is 18.4 Å². The second-order valence-corrected chi connectivity index (χ2v) is 4.88. The van der Waals surface area contributed by atoms with Crippen LogP contribution in [0, 0.1) is 6.92 Å². The second-order valence-electron chi connectivity index (χ2n) is 3.99. The third-order valence-corrected chi connectivity index (χ3v) is 3.49. The highest BCUT2D eigenvalue weighted by Crippen LogP contribution is 2.17.